The zero-order valence-corrected chi connectivity index (χ0v) is 15.6. The van der Waals surface area contributed by atoms with E-state index >= 15 is 0 Å². The molecule has 0 bridgehead atoms. The monoisotopic (exact) mass is 366 g/mol. The number of nitriles is 1. The summed E-state index contributed by atoms with van der Waals surface area (Å²) in [5.41, 5.74) is 1.20. The Morgan fingerprint density at radius 3 is 2.89 bits per heavy atom. The summed E-state index contributed by atoms with van der Waals surface area (Å²) in [6.07, 6.45) is 6.22. The van der Waals surface area contributed by atoms with E-state index in [0.717, 1.165) is 43.6 Å². The largest absolute Gasteiger partial charge is 0.493 e. The average Bonchev–Trinajstić information content (AvgIpc) is 2.94. The molecule has 2 heterocycles. The molecule has 0 amide bonds. The van der Waals surface area contributed by atoms with E-state index in [9.17, 15) is 10.1 Å². The first kappa shape index (κ1) is 18.6. The van der Waals surface area contributed by atoms with Crippen molar-refractivity contribution in [2.45, 2.75) is 45.6 Å². The highest BCUT2D eigenvalue weighted by molar-refractivity contribution is 5.87. The maximum absolute atomic E-state index is 11.5. The summed E-state index contributed by atoms with van der Waals surface area (Å²) in [5, 5.41) is 18.2. The molecule has 0 saturated heterocycles. The number of esters is 1. The molecule has 3 rings (SSSR count). The van der Waals surface area contributed by atoms with Gasteiger partial charge in [0.15, 0.2) is 17.3 Å². The molecule has 1 aliphatic heterocycles. The van der Waals surface area contributed by atoms with Crippen molar-refractivity contribution in [1.29, 1.82) is 5.26 Å². The molecule has 0 saturated carbocycles. The van der Waals surface area contributed by atoms with Gasteiger partial charge >= 0.3 is 5.97 Å². The SMILES string of the molecule is CCC(=O)Oc1ccc(/C=C(/C#N)c2nnc3n2CCCCC3)cc1OC. The van der Waals surface area contributed by atoms with Crippen molar-refractivity contribution in [3.8, 4) is 17.6 Å². The van der Waals surface area contributed by atoms with Crippen LogP contribution in [0.3, 0.4) is 0 Å². The van der Waals surface area contributed by atoms with E-state index in [0.29, 0.717) is 22.9 Å². The zero-order valence-electron chi connectivity index (χ0n) is 15.6. The number of aryl methyl sites for hydroxylation is 1. The number of carbonyl (C=O) groups excluding carboxylic acids is 1. The van der Waals surface area contributed by atoms with E-state index in [1.165, 1.54) is 7.11 Å². The number of nitrogens with zero attached hydrogens (tertiary/aromatic N) is 4. The van der Waals surface area contributed by atoms with Crippen LogP contribution < -0.4 is 9.47 Å². The minimum absolute atomic E-state index is 0.279. The van der Waals surface area contributed by atoms with Gasteiger partial charge in [-0.25, -0.2) is 0 Å². The molecule has 140 valence electrons. The molecule has 27 heavy (non-hydrogen) atoms. The standard InChI is InChI=1S/C20H22N4O3/c1-3-19(25)27-16-9-8-14(12-17(16)26-2)11-15(13-21)20-23-22-18-7-5-4-6-10-24(18)20/h8-9,11-12H,3-7,10H2,1-2H3/b15-11-. The molecule has 0 fully saturated rings. The molecule has 7 nitrogen and oxygen atoms in total. The lowest BCUT2D eigenvalue weighted by Gasteiger charge is -2.10. The van der Waals surface area contributed by atoms with Crippen LogP contribution in [0.5, 0.6) is 11.5 Å². The minimum Gasteiger partial charge on any atom is -0.493 e. The first-order chi connectivity index (χ1) is 13.2. The summed E-state index contributed by atoms with van der Waals surface area (Å²) in [7, 11) is 1.51. The van der Waals surface area contributed by atoms with Gasteiger partial charge in [0.2, 0.25) is 0 Å². The van der Waals surface area contributed by atoms with Crippen molar-refractivity contribution >= 4 is 17.6 Å². The summed E-state index contributed by atoms with van der Waals surface area (Å²) in [6, 6.07) is 7.40. The summed E-state index contributed by atoms with van der Waals surface area (Å²) in [4.78, 5) is 11.5. The van der Waals surface area contributed by atoms with Gasteiger partial charge in [-0.05, 0) is 36.6 Å². The fourth-order valence-electron chi connectivity index (χ4n) is 3.05. The van der Waals surface area contributed by atoms with Crippen molar-refractivity contribution in [3.63, 3.8) is 0 Å². The van der Waals surface area contributed by atoms with Crippen LogP contribution in [0.15, 0.2) is 18.2 Å². The fourth-order valence-corrected chi connectivity index (χ4v) is 3.05. The van der Waals surface area contributed by atoms with Crippen molar-refractivity contribution in [2.24, 2.45) is 0 Å². The summed E-state index contributed by atoms with van der Waals surface area (Å²) >= 11 is 0. The number of allylic oxidation sites excluding steroid dienone is 1. The predicted octanol–water partition coefficient (Wildman–Crippen LogP) is 3.39. The Hall–Kier alpha value is -3.14. The van der Waals surface area contributed by atoms with Crippen LogP contribution in [0, 0.1) is 11.3 Å². The Bertz CT molecular complexity index is 908. The van der Waals surface area contributed by atoms with E-state index in [-0.39, 0.29) is 12.4 Å². The molecule has 0 spiro atoms. The van der Waals surface area contributed by atoms with Crippen LogP contribution in [-0.2, 0) is 17.8 Å². The van der Waals surface area contributed by atoms with Crippen LogP contribution in [0.1, 0.15) is 49.8 Å². The number of hydrogen-bond acceptors (Lipinski definition) is 6. The predicted molar refractivity (Wildman–Crippen MR) is 100.0 cm³/mol. The van der Waals surface area contributed by atoms with Gasteiger partial charge in [-0.15, -0.1) is 10.2 Å². The molecule has 1 aliphatic rings. The van der Waals surface area contributed by atoms with E-state index in [2.05, 4.69) is 16.3 Å². The number of hydrogen-bond donors (Lipinski definition) is 0. The Morgan fingerprint density at radius 2 is 2.15 bits per heavy atom. The van der Waals surface area contributed by atoms with Crippen LogP contribution in [0.2, 0.25) is 0 Å². The van der Waals surface area contributed by atoms with Gasteiger partial charge in [-0.1, -0.05) is 19.4 Å². The maximum atomic E-state index is 11.5. The quantitative estimate of drug-likeness (QED) is 0.458. The molecule has 0 N–H and O–H groups in total. The number of fused-ring (bicyclic) bond motifs is 1. The van der Waals surface area contributed by atoms with Gasteiger partial charge in [0.05, 0.1) is 12.7 Å². The molecule has 0 radical (unpaired) electrons. The van der Waals surface area contributed by atoms with Crippen molar-refractivity contribution in [1.82, 2.24) is 14.8 Å². The van der Waals surface area contributed by atoms with Crippen molar-refractivity contribution < 1.29 is 14.3 Å². The smallest absolute Gasteiger partial charge is 0.311 e. The molecule has 1 aromatic carbocycles. The molecule has 7 heteroatoms. The second-order valence-corrected chi connectivity index (χ2v) is 6.31. The van der Waals surface area contributed by atoms with E-state index in [4.69, 9.17) is 9.47 Å². The Kier molecular flexibility index (Phi) is 5.87. The lowest BCUT2D eigenvalue weighted by atomic mass is 10.1. The molecular formula is C20H22N4O3. The van der Waals surface area contributed by atoms with Crippen molar-refractivity contribution in [3.05, 3.63) is 35.4 Å². The second kappa shape index (κ2) is 8.49. The molecule has 1 aromatic heterocycles. The van der Waals surface area contributed by atoms with Crippen LogP contribution in [-0.4, -0.2) is 27.8 Å². The van der Waals surface area contributed by atoms with E-state index in [1.54, 1.807) is 31.2 Å². The number of aromatic nitrogens is 3. The normalized spacial score (nSPS) is 14.0. The number of ether oxygens (including phenoxy) is 2. The highest BCUT2D eigenvalue weighted by atomic mass is 16.6. The Morgan fingerprint density at radius 1 is 1.30 bits per heavy atom. The summed E-state index contributed by atoms with van der Waals surface area (Å²) < 4.78 is 12.6. The van der Waals surface area contributed by atoms with Crippen LogP contribution in [0.25, 0.3) is 11.6 Å². The number of methoxy groups -OCH3 is 1. The lowest BCUT2D eigenvalue weighted by Crippen LogP contribution is -2.06. The van der Waals surface area contributed by atoms with Gasteiger partial charge in [0.1, 0.15) is 11.9 Å². The van der Waals surface area contributed by atoms with Gasteiger partial charge in [0.25, 0.3) is 0 Å². The Labute approximate surface area is 158 Å². The molecular weight excluding hydrogens is 344 g/mol. The molecule has 2 aromatic rings. The lowest BCUT2D eigenvalue weighted by molar-refractivity contribution is -0.134. The van der Waals surface area contributed by atoms with Gasteiger partial charge in [0, 0.05) is 19.4 Å². The molecule has 0 unspecified atom stereocenters. The van der Waals surface area contributed by atoms with Gasteiger partial charge in [-0.2, -0.15) is 5.26 Å². The first-order valence-corrected chi connectivity index (χ1v) is 9.09. The molecule has 0 atom stereocenters. The Balaban J connectivity index is 1.94. The minimum atomic E-state index is -0.333. The topological polar surface area (TPSA) is 90.0 Å². The van der Waals surface area contributed by atoms with Gasteiger partial charge < -0.3 is 14.0 Å². The third-order valence-corrected chi connectivity index (χ3v) is 4.48. The van der Waals surface area contributed by atoms with Crippen LogP contribution in [0.4, 0.5) is 0 Å². The van der Waals surface area contributed by atoms with E-state index < -0.39 is 0 Å². The zero-order chi connectivity index (χ0) is 19.2. The summed E-state index contributed by atoms with van der Waals surface area (Å²) in [6.45, 7) is 2.55. The second-order valence-electron chi connectivity index (χ2n) is 6.31. The number of rotatable bonds is 5. The third-order valence-electron chi connectivity index (χ3n) is 4.48. The highest BCUT2D eigenvalue weighted by Gasteiger charge is 2.18. The highest BCUT2D eigenvalue weighted by Crippen LogP contribution is 2.30. The maximum Gasteiger partial charge on any atom is 0.311 e. The van der Waals surface area contributed by atoms with Gasteiger partial charge in [-0.3, -0.25) is 4.79 Å². The number of carbonyl (C=O) groups is 1. The van der Waals surface area contributed by atoms with Crippen LogP contribution >= 0.6 is 0 Å². The number of benzene rings is 1. The first-order valence-electron chi connectivity index (χ1n) is 9.09. The van der Waals surface area contributed by atoms with Crippen molar-refractivity contribution in [2.75, 3.05) is 7.11 Å². The van der Waals surface area contributed by atoms with E-state index in [1.807, 2.05) is 4.57 Å². The molecule has 0 aliphatic carbocycles. The summed E-state index contributed by atoms with van der Waals surface area (Å²) in [5.74, 6) is 1.98. The average molecular weight is 366 g/mol. The fraction of sp³-hybridized carbons (Fsp3) is 0.400. The third kappa shape index (κ3) is 4.17.